The minimum atomic E-state index is -0.349. The van der Waals surface area contributed by atoms with Gasteiger partial charge in [-0.1, -0.05) is 0 Å². The molecule has 2 rings (SSSR count). The maximum absolute atomic E-state index is 13.1. The lowest BCUT2D eigenvalue weighted by Crippen LogP contribution is -2.06. The Labute approximate surface area is 106 Å². The van der Waals surface area contributed by atoms with E-state index in [-0.39, 0.29) is 5.82 Å². The van der Waals surface area contributed by atoms with Gasteiger partial charge in [-0.15, -0.1) is 0 Å². The number of halogens is 1. The molecule has 0 saturated carbocycles. The Morgan fingerprint density at radius 1 is 1.44 bits per heavy atom. The summed E-state index contributed by atoms with van der Waals surface area (Å²) in [5.41, 5.74) is 6.92. The Morgan fingerprint density at radius 2 is 2.28 bits per heavy atom. The highest BCUT2D eigenvalue weighted by atomic mass is 19.1. The van der Waals surface area contributed by atoms with Crippen LogP contribution in [-0.2, 0) is 0 Å². The van der Waals surface area contributed by atoms with Crippen LogP contribution in [0.2, 0.25) is 0 Å². The van der Waals surface area contributed by atoms with Crippen LogP contribution in [0, 0.1) is 5.82 Å². The number of pyridine rings is 1. The highest BCUT2D eigenvalue weighted by molar-refractivity contribution is 5.56. The largest absolute Gasteiger partial charge is 0.334 e. The maximum atomic E-state index is 13.1. The first-order valence-corrected chi connectivity index (χ1v) is 6.05. The van der Waals surface area contributed by atoms with Crippen molar-refractivity contribution in [2.24, 2.45) is 5.73 Å². The molecule has 0 spiro atoms. The number of rotatable bonds is 5. The predicted molar refractivity (Wildman–Crippen MR) is 68.4 cm³/mol. The summed E-state index contributed by atoms with van der Waals surface area (Å²) >= 11 is 0. The van der Waals surface area contributed by atoms with E-state index in [4.69, 9.17) is 5.73 Å². The fraction of sp³-hybridized carbons (Fsp3) is 0.385. The Kier molecular flexibility index (Phi) is 4.04. The molecule has 0 aromatic carbocycles. The lowest BCUT2D eigenvalue weighted by Gasteiger charge is -2.11. The van der Waals surface area contributed by atoms with Gasteiger partial charge in [-0.3, -0.25) is 4.98 Å². The van der Waals surface area contributed by atoms with Crippen molar-refractivity contribution >= 4 is 0 Å². The van der Waals surface area contributed by atoms with E-state index in [9.17, 15) is 4.39 Å². The van der Waals surface area contributed by atoms with Crippen LogP contribution in [0.1, 0.15) is 25.8 Å². The van der Waals surface area contributed by atoms with Gasteiger partial charge in [0.15, 0.2) is 0 Å². The van der Waals surface area contributed by atoms with E-state index in [0.29, 0.717) is 18.2 Å². The normalized spacial score (nSPS) is 12.6. The molecule has 1 atom stereocenters. The summed E-state index contributed by atoms with van der Waals surface area (Å²) in [6, 6.07) is 1.78. The third-order valence-electron chi connectivity index (χ3n) is 2.94. The van der Waals surface area contributed by atoms with Crippen molar-refractivity contribution in [1.29, 1.82) is 0 Å². The van der Waals surface area contributed by atoms with Gasteiger partial charge in [0.25, 0.3) is 0 Å². The van der Waals surface area contributed by atoms with Crippen LogP contribution in [0.4, 0.5) is 4.39 Å². The molecular weight excluding hydrogens is 231 g/mol. The smallest absolute Gasteiger partial charge is 0.142 e. The Bertz CT molecular complexity index is 509. The summed E-state index contributed by atoms with van der Waals surface area (Å²) in [4.78, 5) is 8.11. The molecule has 0 aliphatic heterocycles. The lowest BCUT2D eigenvalue weighted by atomic mass is 10.2. The highest BCUT2D eigenvalue weighted by Crippen LogP contribution is 2.20. The quantitative estimate of drug-likeness (QED) is 0.883. The topological polar surface area (TPSA) is 56.7 Å². The zero-order valence-corrected chi connectivity index (χ0v) is 10.4. The summed E-state index contributed by atoms with van der Waals surface area (Å²) in [6.45, 7) is 2.81. The molecule has 2 heterocycles. The van der Waals surface area contributed by atoms with Crippen LogP contribution < -0.4 is 5.73 Å². The highest BCUT2D eigenvalue weighted by Gasteiger charge is 2.08. The fourth-order valence-electron chi connectivity index (χ4n) is 1.84. The second-order valence-electron chi connectivity index (χ2n) is 4.38. The maximum Gasteiger partial charge on any atom is 0.142 e. The molecule has 0 aliphatic rings. The molecule has 2 N–H and O–H groups in total. The summed E-state index contributed by atoms with van der Waals surface area (Å²) in [7, 11) is 0. The van der Waals surface area contributed by atoms with Gasteiger partial charge >= 0.3 is 0 Å². The zero-order valence-electron chi connectivity index (χ0n) is 10.4. The molecule has 0 unspecified atom stereocenters. The summed E-state index contributed by atoms with van der Waals surface area (Å²) in [5, 5.41) is 0. The third kappa shape index (κ3) is 2.92. The molecule has 0 aliphatic carbocycles. The molecule has 5 heteroatoms. The van der Waals surface area contributed by atoms with Gasteiger partial charge in [-0.05, 0) is 32.4 Å². The molecule has 2 aromatic rings. The van der Waals surface area contributed by atoms with Crippen molar-refractivity contribution in [2.45, 2.75) is 25.8 Å². The first-order valence-electron chi connectivity index (χ1n) is 6.05. The first kappa shape index (κ1) is 12.7. The number of nitrogens with two attached hydrogens (primary N) is 1. The van der Waals surface area contributed by atoms with Crippen molar-refractivity contribution in [3.05, 3.63) is 36.8 Å². The van der Waals surface area contributed by atoms with Gasteiger partial charge in [-0.25, -0.2) is 9.37 Å². The van der Waals surface area contributed by atoms with E-state index in [0.717, 1.165) is 18.5 Å². The molecule has 96 valence electrons. The third-order valence-corrected chi connectivity index (χ3v) is 2.94. The molecular formula is C13H17FN4. The Balaban J connectivity index is 2.15. The molecule has 2 aromatic heterocycles. The number of hydrogen-bond acceptors (Lipinski definition) is 3. The minimum absolute atomic E-state index is 0.344. The van der Waals surface area contributed by atoms with Gasteiger partial charge in [0, 0.05) is 24.0 Å². The van der Waals surface area contributed by atoms with E-state index in [1.165, 1.54) is 12.3 Å². The lowest BCUT2D eigenvalue weighted by molar-refractivity contribution is 0.492. The zero-order chi connectivity index (χ0) is 13.0. The molecule has 4 nitrogen and oxygen atoms in total. The SMILES string of the molecule is C[C@@H](CCCN)n1cnc(-c2cncc(F)c2)c1. The van der Waals surface area contributed by atoms with Gasteiger partial charge in [0.2, 0.25) is 0 Å². The Morgan fingerprint density at radius 3 is 3.00 bits per heavy atom. The molecule has 0 amide bonds. The fourth-order valence-corrected chi connectivity index (χ4v) is 1.84. The molecule has 18 heavy (non-hydrogen) atoms. The van der Waals surface area contributed by atoms with Gasteiger partial charge in [0.1, 0.15) is 5.82 Å². The van der Waals surface area contributed by atoms with E-state index in [1.807, 2.05) is 10.8 Å². The van der Waals surface area contributed by atoms with E-state index in [1.54, 1.807) is 12.5 Å². The van der Waals surface area contributed by atoms with Crippen LogP contribution in [-0.4, -0.2) is 21.1 Å². The minimum Gasteiger partial charge on any atom is -0.334 e. The number of aromatic nitrogens is 3. The van der Waals surface area contributed by atoms with E-state index >= 15 is 0 Å². The van der Waals surface area contributed by atoms with Crippen LogP contribution in [0.25, 0.3) is 11.3 Å². The molecule has 0 fully saturated rings. The monoisotopic (exact) mass is 248 g/mol. The molecule has 0 bridgehead atoms. The molecule has 0 radical (unpaired) electrons. The van der Waals surface area contributed by atoms with Crippen LogP contribution in [0.5, 0.6) is 0 Å². The van der Waals surface area contributed by atoms with E-state index < -0.39 is 0 Å². The van der Waals surface area contributed by atoms with Crippen molar-refractivity contribution in [1.82, 2.24) is 14.5 Å². The standard InChI is InChI=1S/C13H17FN4/c1-10(3-2-4-15)18-8-13(17-9-18)11-5-12(14)7-16-6-11/h5-10H,2-4,15H2,1H3/t10-/m0/s1. The van der Waals surface area contributed by atoms with Crippen LogP contribution >= 0.6 is 0 Å². The summed E-state index contributed by atoms with van der Waals surface area (Å²) in [6.07, 6.45) is 8.47. The summed E-state index contributed by atoms with van der Waals surface area (Å²) < 4.78 is 15.1. The van der Waals surface area contributed by atoms with Crippen molar-refractivity contribution in [3.8, 4) is 11.3 Å². The number of nitrogens with zero attached hydrogens (tertiary/aromatic N) is 3. The average molecular weight is 248 g/mol. The number of imidazole rings is 1. The summed E-state index contributed by atoms with van der Waals surface area (Å²) in [5.74, 6) is -0.349. The van der Waals surface area contributed by atoms with E-state index in [2.05, 4.69) is 16.9 Å². The number of hydrogen-bond donors (Lipinski definition) is 1. The van der Waals surface area contributed by atoms with Gasteiger partial charge in [0.05, 0.1) is 18.2 Å². The van der Waals surface area contributed by atoms with Crippen molar-refractivity contribution in [2.75, 3.05) is 6.54 Å². The average Bonchev–Trinajstić information content (AvgIpc) is 2.85. The second-order valence-corrected chi connectivity index (χ2v) is 4.38. The second kappa shape index (κ2) is 5.73. The van der Waals surface area contributed by atoms with Crippen LogP contribution in [0.3, 0.4) is 0 Å². The molecule has 0 saturated heterocycles. The van der Waals surface area contributed by atoms with Crippen LogP contribution in [0.15, 0.2) is 31.0 Å². The Hall–Kier alpha value is -1.75. The first-order chi connectivity index (χ1) is 8.70. The van der Waals surface area contributed by atoms with Crippen molar-refractivity contribution in [3.63, 3.8) is 0 Å². The van der Waals surface area contributed by atoms with Crippen molar-refractivity contribution < 1.29 is 4.39 Å². The van der Waals surface area contributed by atoms with Gasteiger partial charge < -0.3 is 10.3 Å². The van der Waals surface area contributed by atoms with Gasteiger partial charge in [-0.2, -0.15) is 0 Å². The predicted octanol–water partition coefficient (Wildman–Crippen LogP) is 2.38.